The molecule has 3 rings (SSSR count). The van der Waals surface area contributed by atoms with E-state index in [2.05, 4.69) is 55.0 Å². The maximum absolute atomic E-state index is 4.88. The van der Waals surface area contributed by atoms with Crippen molar-refractivity contribution in [1.82, 2.24) is 14.9 Å². The van der Waals surface area contributed by atoms with E-state index in [0.29, 0.717) is 6.04 Å². The van der Waals surface area contributed by atoms with E-state index in [4.69, 9.17) is 4.98 Å². The number of aryl methyl sites for hydroxylation is 1. The number of benzene rings is 1. The van der Waals surface area contributed by atoms with Gasteiger partial charge in [-0.15, -0.1) is 0 Å². The van der Waals surface area contributed by atoms with Crippen LogP contribution < -0.4 is 5.32 Å². The van der Waals surface area contributed by atoms with Gasteiger partial charge in [0.15, 0.2) is 0 Å². The molecule has 108 valence electrons. The van der Waals surface area contributed by atoms with Gasteiger partial charge in [-0.2, -0.15) is 0 Å². The van der Waals surface area contributed by atoms with Crippen LogP contribution in [0.3, 0.4) is 0 Å². The van der Waals surface area contributed by atoms with E-state index < -0.39 is 0 Å². The molecule has 2 aromatic rings. The first-order chi connectivity index (χ1) is 9.74. The number of para-hydroxylation sites is 2. The maximum atomic E-state index is 4.88. The summed E-state index contributed by atoms with van der Waals surface area (Å²) in [6.45, 7) is 5.65. The van der Waals surface area contributed by atoms with Crippen LogP contribution in [0.4, 0.5) is 0 Å². The second kappa shape index (κ2) is 5.57. The van der Waals surface area contributed by atoms with Crippen LogP contribution in [0.5, 0.6) is 0 Å². The van der Waals surface area contributed by atoms with Gasteiger partial charge < -0.3 is 9.88 Å². The summed E-state index contributed by atoms with van der Waals surface area (Å²) in [5, 5.41) is 3.50. The molecule has 0 aliphatic heterocycles. The Balaban J connectivity index is 1.91. The molecule has 1 saturated carbocycles. The lowest BCUT2D eigenvalue weighted by molar-refractivity contribution is 0.460. The van der Waals surface area contributed by atoms with Gasteiger partial charge in [-0.05, 0) is 43.9 Å². The summed E-state index contributed by atoms with van der Waals surface area (Å²) in [5.74, 6) is 2.94. The van der Waals surface area contributed by atoms with Gasteiger partial charge in [-0.25, -0.2) is 4.98 Å². The van der Waals surface area contributed by atoms with Gasteiger partial charge >= 0.3 is 0 Å². The second-order valence-corrected chi connectivity index (χ2v) is 6.14. The van der Waals surface area contributed by atoms with Crippen molar-refractivity contribution >= 4 is 11.0 Å². The van der Waals surface area contributed by atoms with Crippen molar-refractivity contribution in [2.75, 3.05) is 7.05 Å². The molecule has 1 N–H and O–H groups in total. The van der Waals surface area contributed by atoms with Crippen molar-refractivity contribution in [2.24, 2.45) is 11.8 Å². The van der Waals surface area contributed by atoms with Crippen molar-refractivity contribution in [3.05, 3.63) is 30.1 Å². The molecule has 1 aliphatic rings. The Hall–Kier alpha value is -1.35. The number of nitrogens with one attached hydrogen (secondary N) is 1. The number of nitrogens with zero attached hydrogens (tertiary/aromatic N) is 2. The van der Waals surface area contributed by atoms with E-state index in [-0.39, 0.29) is 0 Å². The molecule has 3 atom stereocenters. The van der Waals surface area contributed by atoms with E-state index in [1.165, 1.54) is 17.8 Å². The summed E-state index contributed by atoms with van der Waals surface area (Å²) in [7, 11) is 2.09. The van der Waals surface area contributed by atoms with Gasteiger partial charge in [0.05, 0.1) is 11.0 Å². The zero-order valence-electron chi connectivity index (χ0n) is 12.8. The molecule has 0 radical (unpaired) electrons. The number of rotatable bonds is 6. The highest BCUT2D eigenvalue weighted by Crippen LogP contribution is 2.41. The van der Waals surface area contributed by atoms with E-state index >= 15 is 0 Å². The van der Waals surface area contributed by atoms with E-state index in [1.807, 2.05) is 0 Å². The third-order valence-corrected chi connectivity index (χ3v) is 4.64. The standard InChI is InChI=1S/C17H25N3/c1-4-9-20-16-8-6-5-7-14(16)19-17(20)11-15(18-3)13-10-12(13)2/h5-8,12-13,15,18H,4,9-11H2,1-3H3. The van der Waals surface area contributed by atoms with Crippen LogP contribution >= 0.6 is 0 Å². The molecule has 0 spiro atoms. The van der Waals surface area contributed by atoms with Crippen LogP contribution in [0, 0.1) is 11.8 Å². The van der Waals surface area contributed by atoms with Gasteiger partial charge in [0, 0.05) is 19.0 Å². The van der Waals surface area contributed by atoms with E-state index in [1.54, 1.807) is 0 Å². The Morgan fingerprint density at radius 2 is 2.15 bits per heavy atom. The molecule has 3 heteroatoms. The molecular formula is C17H25N3. The number of hydrogen-bond donors (Lipinski definition) is 1. The van der Waals surface area contributed by atoms with E-state index in [0.717, 1.165) is 36.7 Å². The first kappa shape index (κ1) is 13.6. The third-order valence-electron chi connectivity index (χ3n) is 4.64. The summed E-state index contributed by atoms with van der Waals surface area (Å²) >= 11 is 0. The molecule has 3 unspecified atom stereocenters. The number of imidazole rings is 1. The quantitative estimate of drug-likeness (QED) is 0.874. The summed E-state index contributed by atoms with van der Waals surface area (Å²) in [6.07, 6.45) is 3.55. The molecule has 1 fully saturated rings. The fourth-order valence-electron chi connectivity index (χ4n) is 3.33. The van der Waals surface area contributed by atoms with Gasteiger partial charge in [0.2, 0.25) is 0 Å². The zero-order chi connectivity index (χ0) is 14.1. The Kier molecular flexibility index (Phi) is 3.79. The molecule has 0 bridgehead atoms. The Morgan fingerprint density at radius 3 is 2.80 bits per heavy atom. The molecule has 0 saturated heterocycles. The Morgan fingerprint density at radius 1 is 1.40 bits per heavy atom. The molecule has 20 heavy (non-hydrogen) atoms. The first-order valence-electron chi connectivity index (χ1n) is 7.86. The number of likely N-dealkylation sites (N-methyl/N-ethyl adjacent to an activating group) is 1. The van der Waals surface area contributed by atoms with Crippen LogP contribution in [0.25, 0.3) is 11.0 Å². The molecule has 1 aromatic carbocycles. The lowest BCUT2D eigenvalue weighted by atomic mass is 10.1. The van der Waals surface area contributed by atoms with Crippen LogP contribution in [-0.4, -0.2) is 22.6 Å². The molecule has 3 nitrogen and oxygen atoms in total. The fourth-order valence-corrected chi connectivity index (χ4v) is 3.33. The normalized spacial score (nSPS) is 23.1. The number of aromatic nitrogens is 2. The van der Waals surface area contributed by atoms with Crippen molar-refractivity contribution in [3.63, 3.8) is 0 Å². The van der Waals surface area contributed by atoms with Gasteiger partial charge in [-0.3, -0.25) is 0 Å². The van der Waals surface area contributed by atoms with Crippen molar-refractivity contribution in [2.45, 2.75) is 45.7 Å². The van der Waals surface area contributed by atoms with Crippen LogP contribution in [0.1, 0.15) is 32.5 Å². The third kappa shape index (κ3) is 2.47. The average Bonchev–Trinajstić information content (AvgIpc) is 3.08. The van der Waals surface area contributed by atoms with Gasteiger partial charge in [0.1, 0.15) is 5.82 Å². The minimum atomic E-state index is 0.567. The Labute approximate surface area is 121 Å². The van der Waals surface area contributed by atoms with Crippen LogP contribution in [0.2, 0.25) is 0 Å². The lowest BCUT2D eigenvalue weighted by Gasteiger charge is -2.16. The number of fused-ring (bicyclic) bond motifs is 1. The molecule has 1 aromatic heterocycles. The predicted molar refractivity (Wildman–Crippen MR) is 83.8 cm³/mol. The summed E-state index contributed by atoms with van der Waals surface area (Å²) < 4.78 is 2.41. The Bertz CT molecular complexity index is 587. The van der Waals surface area contributed by atoms with Crippen molar-refractivity contribution in [3.8, 4) is 0 Å². The first-order valence-corrected chi connectivity index (χ1v) is 7.86. The van der Waals surface area contributed by atoms with Gasteiger partial charge in [-0.1, -0.05) is 26.0 Å². The van der Waals surface area contributed by atoms with Crippen LogP contribution in [-0.2, 0) is 13.0 Å². The van der Waals surface area contributed by atoms with Crippen molar-refractivity contribution in [1.29, 1.82) is 0 Å². The summed E-state index contributed by atoms with van der Waals surface area (Å²) in [4.78, 5) is 4.88. The van der Waals surface area contributed by atoms with E-state index in [9.17, 15) is 0 Å². The molecule has 1 heterocycles. The zero-order valence-corrected chi connectivity index (χ0v) is 12.8. The van der Waals surface area contributed by atoms with Crippen molar-refractivity contribution < 1.29 is 0 Å². The average molecular weight is 271 g/mol. The molecule has 0 amide bonds. The number of hydrogen-bond acceptors (Lipinski definition) is 2. The monoisotopic (exact) mass is 271 g/mol. The minimum absolute atomic E-state index is 0.567. The largest absolute Gasteiger partial charge is 0.328 e. The lowest BCUT2D eigenvalue weighted by Crippen LogP contribution is -2.31. The second-order valence-electron chi connectivity index (χ2n) is 6.14. The van der Waals surface area contributed by atoms with Gasteiger partial charge in [0.25, 0.3) is 0 Å². The molecular weight excluding hydrogens is 246 g/mol. The SMILES string of the molecule is CCCn1c(CC(NC)C2CC2C)nc2ccccc21. The fraction of sp³-hybridized carbons (Fsp3) is 0.588. The highest BCUT2D eigenvalue weighted by atomic mass is 15.1. The highest BCUT2D eigenvalue weighted by Gasteiger charge is 2.39. The topological polar surface area (TPSA) is 29.9 Å². The smallest absolute Gasteiger partial charge is 0.111 e. The van der Waals surface area contributed by atoms with Crippen LogP contribution in [0.15, 0.2) is 24.3 Å². The highest BCUT2D eigenvalue weighted by molar-refractivity contribution is 5.75. The summed E-state index contributed by atoms with van der Waals surface area (Å²) in [5.41, 5.74) is 2.41. The maximum Gasteiger partial charge on any atom is 0.111 e. The molecule has 1 aliphatic carbocycles. The predicted octanol–water partition coefficient (Wildman–Crippen LogP) is 3.23. The minimum Gasteiger partial charge on any atom is -0.328 e. The summed E-state index contributed by atoms with van der Waals surface area (Å²) in [6, 6.07) is 9.07.